The third-order valence-corrected chi connectivity index (χ3v) is 7.62. The lowest BCUT2D eigenvalue weighted by Crippen LogP contribution is -2.25. The maximum absolute atomic E-state index is 13.0. The molecule has 5 nitrogen and oxygen atoms in total. The molecule has 26 heavy (non-hydrogen) atoms. The predicted molar refractivity (Wildman–Crippen MR) is 104 cm³/mol. The molecule has 0 saturated carbocycles. The van der Waals surface area contributed by atoms with Crippen LogP contribution in [0.1, 0.15) is 40.9 Å². The van der Waals surface area contributed by atoms with E-state index in [4.69, 9.17) is 0 Å². The molecule has 0 fully saturated rings. The number of hydrogen-bond donors (Lipinski definition) is 1. The molecule has 0 atom stereocenters. The van der Waals surface area contributed by atoms with E-state index in [1.54, 1.807) is 20.8 Å². The number of rotatable bonds is 7. The van der Waals surface area contributed by atoms with Gasteiger partial charge < -0.3 is 5.11 Å². The summed E-state index contributed by atoms with van der Waals surface area (Å²) < 4.78 is 27.4. The summed E-state index contributed by atoms with van der Waals surface area (Å²) in [5, 5.41) is 9.35. The topological polar surface area (TPSA) is 74.7 Å². The van der Waals surface area contributed by atoms with Gasteiger partial charge in [0.05, 0.1) is 10.5 Å². The quantitative estimate of drug-likeness (QED) is 0.711. The van der Waals surface area contributed by atoms with Gasteiger partial charge in [-0.2, -0.15) is 0 Å². The molecule has 2 rings (SSSR count). The van der Waals surface area contributed by atoms with Crippen LogP contribution < -0.4 is 0 Å². The molecule has 0 heterocycles. The molecule has 0 radical (unpaired) electrons. The van der Waals surface area contributed by atoms with Gasteiger partial charge in [0.1, 0.15) is 0 Å². The fourth-order valence-corrected chi connectivity index (χ4v) is 5.20. The van der Waals surface area contributed by atoms with Gasteiger partial charge in [0.25, 0.3) is 10.0 Å². The zero-order valence-corrected chi connectivity index (χ0v) is 16.9. The first-order valence-corrected chi connectivity index (χ1v) is 10.6. The normalized spacial score (nSPS) is 11.7. The van der Waals surface area contributed by atoms with Crippen molar-refractivity contribution in [1.29, 1.82) is 0 Å². The minimum absolute atomic E-state index is 0.00229. The van der Waals surface area contributed by atoms with Crippen molar-refractivity contribution < 1.29 is 18.3 Å². The summed E-state index contributed by atoms with van der Waals surface area (Å²) in [6.45, 7) is 7.47. The van der Waals surface area contributed by atoms with Crippen LogP contribution in [0.4, 0.5) is 0 Å². The van der Waals surface area contributed by atoms with Crippen molar-refractivity contribution in [2.24, 2.45) is 0 Å². The van der Waals surface area contributed by atoms with Crippen LogP contribution in [0.15, 0.2) is 46.2 Å². The smallest absolute Gasteiger partial charge is 0.336 e. The first-order valence-electron chi connectivity index (χ1n) is 8.34. The summed E-state index contributed by atoms with van der Waals surface area (Å²) in [5.74, 6) is -1.13. The van der Waals surface area contributed by atoms with Gasteiger partial charge in [-0.1, -0.05) is 26.0 Å². The van der Waals surface area contributed by atoms with Gasteiger partial charge in [-0.3, -0.25) is 0 Å². The number of aryl methyl sites for hydroxylation is 2. The van der Waals surface area contributed by atoms with Gasteiger partial charge in [0.2, 0.25) is 0 Å². The Bertz CT molecular complexity index is 906. The number of nitrogens with zero attached hydrogens (tertiary/aromatic N) is 1. The summed E-state index contributed by atoms with van der Waals surface area (Å²) in [6.07, 6.45) is 0.918. The van der Waals surface area contributed by atoms with E-state index in [1.807, 2.05) is 24.3 Å². The summed E-state index contributed by atoms with van der Waals surface area (Å²) in [6, 6.07) is 10.5. The van der Waals surface area contributed by atoms with Crippen LogP contribution in [0, 0.1) is 13.8 Å². The van der Waals surface area contributed by atoms with Crippen LogP contribution in [0.5, 0.6) is 0 Å². The van der Waals surface area contributed by atoms with Crippen molar-refractivity contribution in [1.82, 2.24) is 3.71 Å². The highest BCUT2D eigenvalue weighted by molar-refractivity contribution is 8.08. The zero-order valence-electron chi connectivity index (χ0n) is 15.3. The minimum atomic E-state index is -3.83. The van der Waals surface area contributed by atoms with Gasteiger partial charge in [0, 0.05) is 11.4 Å². The molecule has 0 aliphatic heterocycles. The van der Waals surface area contributed by atoms with Crippen molar-refractivity contribution in [2.75, 3.05) is 6.54 Å². The highest BCUT2D eigenvalue weighted by atomic mass is 32.3. The molecule has 0 aliphatic rings. The first-order chi connectivity index (χ1) is 12.2. The maximum Gasteiger partial charge on any atom is 0.336 e. The lowest BCUT2D eigenvalue weighted by atomic mass is 10.0. The van der Waals surface area contributed by atoms with Gasteiger partial charge in [-0.15, -0.1) is 3.71 Å². The molecule has 0 spiro atoms. The Kier molecular flexibility index (Phi) is 6.49. The summed E-state index contributed by atoms with van der Waals surface area (Å²) >= 11 is 1.13. The SMILES string of the molecule is CCc1ccc(SN(CC)S(=O)(=O)c2cc(C)c(C)c(C(=O)O)c2)cc1. The fourth-order valence-electron chi connectivity index (χ4n) is 2.50. The van der Waals surface area contributed by atoms with Crippen molar-refractivity contribution in [3.05, 3.63) is 58.7 Å². The molecule has 7 heteroatoms. The Morgan fingerprint density at radius 3 is 2.23 bits per heavy atom. The third-order valence-electron chi connectivity index (χ3n) is 4.23. The molecule has 0 aromatic heterocycles. The Labute approximate surface area is 159 Å². The summed E-state index contributed by atoms with van der Waals surface area (Å²) in [4.78, 5) is 12.2. The zero-order chi connectivity index (χ0) is 19.5. The van der Waals surface area contributed by atoms with E-state index >= 15 is 0 Å². The lowest BCUT2D eigenvalue weighted by Gasteiger charge is -2.20. The average molecular weight is 394 g/mol. The summed E-state index contributed by atoms with van der Waals surface area (Å²) in [5.41, 5.74) is 2.40. The molecule has 0 unspecified atom stereocenters. The second kappa shape index (κ2) is 8.24. The molecular weight excluding hydrogens is 370 g/mol. The number of hydrogen-bond acceptors (Lipinski definition) is 4. The molecule has 140 valence electrons. The van der Waals surface area contributed by atoms with E-state index in [1.165, 1.54) is 21.4 Å². The second-order valence-electron chi connectivity index (χ2n) is 5.93. The highest BCUT2D eigenvalue weighted by Gasteiger charge is 2.26. The molecule has 2 aromatic rings. The molecule has 1 N–H and O–H groups in total. The molecule has 0 saturated heterocycles. The summed E-state index contributed by atoms with van der Waals surface area (Å²) in [7, 11) is -3.83. The number of benzene rings is 2. The van der Waals surface area contributed by atoms with Gasteiger partial charge in [0.15, 0.2) is 0 Å². The monoisotopic (exact) mass is 393 g/mol. The number of aromatic carboxylic acids is 1. The second-order valence-corrected chi connectivity index (χ2v) is 9.12. The van der Waals surface area contributed by atoms with E-state index in [9.17, 15) is 18.3 Å². The number of carboxylic acid groups (broad SMARTS) is 1. The minimum Gasteiger partial charge on any atom is -0.478 e. The van der Waals surface area contributed by atoms with Crippen LogP contribution in [-0.2, 0) is 16.4 Å². The maximum atomic E-state index is 13.0. The van der Waals surface area contributed by atoms with E-state index < -0.39 is 16.0 Å². The Morgan fingerprint density at radius 1 is 1.12 bits per heavy atom. The lowest BCUT2D eigenvalue weighted by molar-refractivity contribution is 0.0695. The number of carbonyl (C=O) groups is 1. The largest absolute Gasteiger partial charge is 0.478 e. The van der Waals surface area contributed by atoms with E-state index in [0.717, 1.165) is 23.3 Å². The Balaban J connectivity index is 2.41. The van der Waals surface area contributed by atoms with Crippen molar-refractivity contribution in [3.63, 3.8) is 0 Å². The number of sulfonamides is 1. The van der Waals surface area contributed by atoms with Crippen molar-refractivity contribution in [3.8, 4) is 0 Å². The van der Waals surface area contributed by atoms with Crippen LogP contribution in [0.2, 0.25) is 0 Å². The van der Waals surface area contributed by atoms with Gasteiger partial charge >= 0.3 is 5.97 Å². The van der Waals surface area contributed by atoms with Crippen LogP contribution >= 0.6 is 11.9 Å². The average Bonchev–Trinajstić information content (AvgIpc) is 2.61. The van der Waals surface area contributed by atoms with Crippen molar-refractivity contribution in [2.45, 2.75) is 43.9 Å². The van der Waals surface area contributed by atoms with Crippen molar-refractivity contribution >= 4 is 27.9 Å². The Morgan fingerprint density at radius 2 is 1.73 bits per heavy atom. The number of carboxylic acids is 1. The van der Waals surface area contributed by atoms with Crippen LogP contribution in [0.25, 0.3) is 0 Å². The van der Waals surface area contributed by atoms with E-state index in [2.05, 4.69) is 6.92 Å². The highest BCUT2D eigenvalue weighted by Crippen LogP contribution is 2.31. The molecular formula is C19H23NO4S2. The van der Waals surface area contributed by atoms with Gasteiger partial charge in [-0.05, 0) is 73.2 Å². The molecule has 2 aromatic carbocycles. The predicted octanol–water partition coefficient (Wildman–Crippen LogP) is 4.28. The molecule has 0 amide bonds. The Hall–Kier alpha value is -1.83. The first kappa shape index (κ1) is 20.5. The van der Waals surface area contributed by atoms with Crippen LogP contribution in [0.3, 0.4) is 0 Å². The van der Waals surface area contributed by atoms with E-state index in [0.29, 0.717) is 11.1 Å². The standard InChI is InChI=1S/C19H23NO4S2/c1-5-15-7-9-16(10-8-15)25-20(6-2)26(23,24)17-11-13(3)14(4)18(12-17)19(21)22/h7-12H,5-6H2,1-4H3,(H,21,22). The van der Waals surface area contributed by atoms with Crippen LogP contribution in [-0.4, -0.2) is 29.7 Å². The van der Waals surface area contributed by atoms with E-state index in [-0.39, 0.29) is 17.0 Å². The molecule has 0 aliphatic carbocycles. The van der Waals surface area contributed by atoms with Gasteiger partial charge in [-0.25, -0.2) is 13.2 Å². The third kappa shape index (κ3) is 4.28. The molecule has 0 bridgehead atoms. The fraction of sp³-hybridized carbons (Fsp3) is 0.316.